The van der Waals surface area contributed by atoms with Crippen LogP contribution in [0, 0.1) is 12.7 Å². The number of aliphatic hydroxyl groups is 1. The van der Waals surface area contributed by atoms with E-state index in [2.05, 4.69) is 20.8 Å². The van der Waals surface area contributed by atoms with Crippen LogP contribution in [-0.2, 0) is 4.84 Å². The van der Waals surface area contributed by atoms with Crippen LogP contribution in [0.25, 0.3) is 11.0 Å². The van der Waals surface area contributed by atoms with Crippen LogP contribution in [0.4, 0.5) is 15.9 Å². The molecule has 2 heterocycles. The van der Waals surface area contributed by atoms with Crippen molar-refractivity contribution in [3.8, 4) is 0 Å². The highest BCUT2D eigenvalue weighted by Gasteiger charge is 2.20. The molecule has 3 aromatic rings. The van der Waals surface area contributed by atoms with Gasteiger partial charge in [-0.15, -0.1) is 0 Å². The number of aryl methyl sites for hydroxylation is 1. The number of hydrogen-bond acceptors (Lipinski definition) is 5. The number of H-pyrrole nitrogens is 1. The highest BCUT2D eigenvalue weighted by atomic mass is 19.1. The van der Waals surface area contributed by atoms with Crippen LogP contribution in [-0.4, -0.2) is 34.2 Å². The van der Waals surface area contributed by atoms with Crippen LogP contribution in [0.1, 0.15) is 15.9 Å². The zero-order chi connectivity index (χ0) is 17.8. The van der Waals surface area contributed by atoms with E-state index in [9.17, 15) is 9.18 Å². The maximum atomic E-state index is 14.1. The number of hydrogen-bond donors (Lipinski definition) is 4. The van der Waals surface area contributed by atoms with Gasteiger partial charge in [0.1, 0.15) is 17.3 Å². The second kappa shape index (κ2) is 7.29. The second-order valence-corrected chi connectivity index (χ2v) is 5.39. The van der Waals surface area contributed by atoms with Gasteiger partial charge in [-0.25, -0.2) is 14.9 Å². The molecule has 3 rings (SSSR count). The van der Waals surface area contributed by atoms with Gasteiger partial charge in [0.15, 0.2) is 0 Å². The number of aromatic nitrogens is 2. The van der Waals surface area contributed by atoms with E-state index < -0.39 is 11.7 Å². The summed E-state index contributed by atoms with van der Waals surface area (Å²) in [6.45, 7) is 1.52. The Morgan fingerprint density at radius 3 is 3.00 bits per heavy atom. The molecular formula is C17H17FN4O3. The monoisotopic (exact) mass is 344 g/mol. The summed E-state index contributed by atoms with van der Waals surface area (Å²) in [7, 11) is 0. The summed E-state index contributed by atoms with van der Waals surface area (Å²) >= 11 is 0. The number of anilines is 2. The van der Waals surface area contributed by atoms with Crippen LogP contribution >= 0.6 is 0 Å². The highest BCUT2D eigenvalue weighted by molar-refractivity contribution is 6.11. The van der Waals surface area contributed by atoms with E-state index in [-0.39, 0.29) is 24.5 Å². The summed E-state index contributed by atoms with van der Waals surface area (Å²) in [5.74, 6) is -0.682. The molecule has 1 aromatic carbocycles. The molecule has 25 heavy (non-hydrogen) atoms. The lowest BCUT2D eigenvalue weighted by Crippen LogP contribution is -2.25. The number of pyridine rings is 1. The molecule has 0 saturated carbocycles. The Hall–Kier alpha value is -2.97. The zero-order valence-electron chi connectivity index (χ0n) is 13.5. The third kappa shape index (κ3) is 3.59. The van der Waals surface area contributed by atoms with E-state index in [1.807, 2.05) is 0 Å². The average molecular weight is 344 g/mol. The fourth-order valence-corrected chi connectivity index (χ4v) is 2.42. The van der Waals surface area contributed by atoms with Gasteiger partial charge in [-0.2, -0.15) is 0 Å². The van der Waals surface area contributed by atoms with Gasteiger partial charge in [0.05, 0.1) is 24.5 Å². The first-order valence-corrected chi connectivity index (χ1v) is 7.63. The van der Waals surface area contributed by atoms with E-state index in [1.54, 1.807) is 37.4 Å². The lowest BCUT2D eigenvalue weighted by molar-refractivity contribution is 0.0170. The molecule has 0 atom stereocenters. The Labute approximate surface area is 142 Å². The van der Waals surface area contributed by atoms with E-state index in [0.717, 1.165) is 5.56 Å². The number of halogens is 1. The van der Waals surface area contributed by atoms with Crippen molar-refractivity contribution in [1.82, 2.24) is 15.4 Å². The predicted molar refractivity (Wildman–Crippen MR) is 91.0 cm³/mol. The van der Waals surface area contributed by atoms with Crippen molar-refractivity contribution in [1.29, 1.82) is 0 Å². The van der Waals surface area contributed by atoms with Crippen molar-refractivity contribution in [2.45, 2.75) is 6.92 Å². The molecule has 8 heteroatoms. The van der Waals surface area contributed by atoms with Crippen LogP contribution in [0.3, 0.4) is 0 Å². The number of aromatic amines is 1. The number of aliphatic hydroxyl groups excluding tert-OH is 1. The quantitative estimate of drug-likeness (QED) is 0.406. The van der Waals surface area contributed by atoms with Gasteiger partial charge in [-0.05, 0) is 36.8 Å². The molecule has 130 valence electrons. The SMILES string of the molecule is Cc1ccc(Nc2[nH]c3ncccc3c2C(=O)NOCCO)c(F)c1. The van der Waals surface area contributed by atoms with Crippen molar-refractivity contribution < 1.29 is 19.1 Å². The van der Waals surface area contributed by atoms with Crippen LogP contribution in [0.15, 0.2) is 36.5 Å². The Kier molecular flexibility index (Phi) is 4.92. The standard InChI is InChI=1S/C17H17FN4O3/c1-10-4-5-13(12(18)9-10)20-16-14(17(24)22-25-8-7-23)11-3-2-6-19-15(11)21-16/h2-6,9,20,23H,7-8H2,1H3,(H,19,21)(H,22,24). The van der Waals surface area contributed by atoms with Gasteiger partial charge in [-0.1, -0.05) is 6.07 Å². The van der Waals surface area contributed by atoms with Crippen LogP contribution < -0.4 is 10.8 Å². The number of benzene rings is 1. The summed E-state index contributed by atoms with van der Waals surface area (Å²) < 4.78 is 14.1. The van der Waals surface area contributed by atoms with Crippen LogP contribution in [0.5, 0.6) is 0 Å². The molecule has 0 radical (unpaired) electrons. The maximum absolute atomic E-state index is 14.1. The summed E-state index contributed by atoms with van der Waals surface area (Å²) in [6.07, 6.45) is 1.58. The van der Waals surface area contributed by atoms with E-state index in [0.29, 0.717) is 16.9 Å². The van der Waals surface area contributed by atoms with Gasteiger partial charge < -0.3 is 15.4 Å². The number of carbonyl (C=O) groups is 1. The normalized spacial score (nSPS) is 10.8. The second-order valence-electron chi connectivity index (χ2n) is 5.39. The molecule has 4 N–H and O–H groups in total. The number of hydroxylamine groups is 1. The molecule has 0 spiro atoms. The minimum absolute atomic E-state index is 0.0400. The zero-order valence-corrected chi connectivity index (χ0v) is 13.5. The van der Waals surface area contributed by atoms with Crippen molar-refractivity contribution >= 4 is 28.4 Å². The number of nitrogens with zero attached hydrogens (tertiary/aromatic N) is 1. The Morgan fingerprint density at radius 2 is 2.24 bits per heavy atom. The fraction of sp³-hybridized carbons (Fsp3) is 0.176. The van der Waals surface area contributed by atoms with Crippen molar-refractivity contribution in [3.63, 3.8) is 0 Å². The first-order chi connectivity index (χ1) is 12.1. The van der Waals surface area contributed by atoms with Crippen LogP contribution in [0.2, 0.25) is 0 Å². The van der Waals surface area contributed by atoms with Gasteiger partial charge in [0.25, 0.3) is 5.91 Å². The molecule has 0 unspecified atom stereocenters. The molecule has 0 fully saturated rings. The Balaban J connectivity index is 1.99. The summed E-state index contributed by atoms with van der Waals surface area (Å²) in [5, 5.41) is 12.2. The molecule has 7 nitrogen and oxygen atoms in total. The summed E-state index contributed by atoms with van der Waals surface area (Å²) in [6, 6.07) is 8.16. The maximum Gasteiger partial charge on any atom is 0.279 e. The Bertz CT molecular complexity index is 910. The predicted octanol–water partition coefficient (Wildman–Crippen LogP) is 2.41. The van der Waals surface area contributed by atoms with Gasteiger partial charge in [0.2, 0.25) is 0 Å². The van der Waals surface area contributed by atoms with Crippen molar-refractivity contribution in [3.05, 3.63) is 53.5 Å². The Morgan fingerprint density at radius 1 is 1.40 bits per heavy atom. The van der Waals surface area contributed by atoms with Gasteiger partial charge in [0, 0.05) is 11.6 Å². The molecule has 1 amide bonds. The molecule has 2 aromatic heterocycles. The molecule has 0 aliphatic rings. The largest absolute Gasteiger partial charge is 0.394 e. The molecule has 0 saturated heterocycles. The smallest absolute Gasteiger partial charge is 0.279 e. The summed E-state index contributed by atoms with van der Waals surface area (Å²) in [4.78, 5) is 24.5. The molecule has 0 bridgehead atoms. The van der Waals surface area contributed by atoms with Crippen molar-refractivity contribution in [2.24, 2.45) is 0 Å². The van der Waals surface area contributed by atoms with E-state index >= 15 is 0 Å². The van der Waals surface area contributed by atoms with E-state index in [1.165, 1.54) is 6.07 Å². The third-order valence-electron chi connectivity index (χ3n) is 3.54. The highest BCUT2D eigenvalue weighted by Crippen LogP contribution is 2.28. The third-order valence-corrected chi connectivity index (χ3v) is 3.54. The van der Waals surface area contributed by atoms with E-state index in [4.69, 9.17) is 9.94 Å². The number of fused-ring (bicyclic) bond motifs is 1. The number of rotatable bonds is 6. The topological polar surface area (TPSA) is 99.3 Å². The first kappa shape index (κ1) is 16.9. The number of carbonyl (C=O) groups excluding carboxylic acids is 1. The summed E-state index contributed by atoms with van der Waals surface area (Å²) in [5.41, 5.74) is 3.97. The lowest BCUT2D eigenvalue weighted by atomic mass is 10.2. The van der Waals surface area contributed by atoms with Crippen molar-refractivity contribution in [2.75, 3.05) is 18.5 Å². The molecular weight excluding hydrogens is 327 g/mol. The lowest BCUT2D eigenvalue weighted by Gasteiger charge is -2.10. The molecule has 0 aliphatic carbocycles. The minimum atomic E-state index is -0.539. The number of nitrogens with one attached hydrogen (secondary N) is 3. The van der Waals surface area contributed by atoms with Gasteiger partial charge in [-0.3, -0.25) is 9.63 Å². The average Bonchev–Trinajstić information content (AvgIpc) is 2.95. The fourth-order valence-electron chi connectivity index (χ4n) is 2.42. The number of amides is 1. The first-order valence-electron chi connectivity index (χ1n) is 7.63. The molecule has 0 aliphatic heterocycles. The minimum Gasteiger partial charge on any atom is -0.394 e. The van der Waals surface area contributed by atoms with Gasteiger partial charge >= 0.3 is 0 Å².